The molecule has 0 aliphatic heterocycles. The molecule has 7 nitrogen and oxygen atoms in total. The summed E-state index contributed by atoms with van der Waals surface area (Å²) in [7, 11) is 0. The molecule has 0 unspecified atom stereocenters. The van der Waals surface area contributed by atoms with Gasteiger partial charge >= 0.3 is 0 Å². The first-order valence-electron chi connectivity index (χ1n) is 11.4. The highest BCUT2D eigenvalue weighted by Crippen LogP contribution is 2.18. The predicted octanol–water partition coefficient (Wildman–Crippen LogP) is 4.29. The zero-order chi connectivity index (χ0) is 23.5. The summed E-state index contributed by atoms with van der Waals surface area (Å²) in [5.41, 5.74) is 1.64. The second kappa shape index (κ2) is 12.9. The van der Waals surface area contributed by atoms with Gasteiger partial charge in [-0.05, 0) is 74.4 Å². The molecular formula is C25H31N3O4S. The lowest BCUT2D eigenvalue weighted by Gasteiger charge is -2.22. The van der Waals surface area contributed by atoms with Crippen LogP contribution in [0, 0.1) is 0 Å². The summed E-state index contributed by atoms with van der Waals surface area (Å²) >= 11 is 5.28. The van der Waals surface area contributed by atoms with E-state index < -0.39 is 0 Å². The predicted molar refractivity (Wildman–Crippen MR) is 133 cm³/mol. The Hall–Kier alpha value is -2.97. The molecule has 0 heterocycles. The van der Waals surface area contributed by atoms with Gasteiger partial charge in [-0.15, -0.1) is 0 Å². The molecule has 2 amide bonds. The minimum Gasteiger partial charge on any atom is -0.491 e. The van der Waals surface area contributed by atoms with Crippen molar-refractivity contribution in [1.29, 1.82) is 0 Å². The number of anilines is 1. The first kappa shape index (κ1) is 24.7. The lowest BCUT2D eigenvalue weighted by molar-refractivity contribution is 0.0926. The lowest BCUT2D eigenvalue weighted by Crippen LogP contribution is -2.36. The van der Waals surface area contributed by atoms with Crippen LogP contribution in [0.5, 0.6) is 5.75 Å². The third-order valence-electron chi connectivity index (χ3n) is 5.37. The molecule has 3 rings (SSSR count). The average molecular weight is 470 g/mol. The largest absolute Gasteiger partial charge is 0.491 e. The van der Waals surface area contributed by atoms with Crippen LogP contribution in [0.1, 0.15) is 59.7 Å². The number of thiocarbonyl (C=S) groups is 1. The standard InChI is InChI=1S/C25H31N3O4S/c1-2-31-15-16-32-22-13-11-18(12-14-22)23(29)28-25(33)27-21-10-6-7-19(17-21)24(30)26-20-8-4-3-5-9-20/h6-7,10-14,17,20H,2-5,8-9,15-16H2,1H3,(H,26,30)(H2,27,28,29,33). The molecule has 0 aromatic heterocycles. The molecule has 2 aromatic rings. The smallest absolute Gasteiger partial charge is 0.257 e. The molecule has 33 heavy (non-hydrogen) atoms. The topological polar surface area (TPSA) is 88.7 Å². The van der Waals surface area contributed by atoms with E-state index in [1.807, 2.05) is 6.92 Å². The van der Waals surface area contributed by atoms with Crippen LogP contribution in [-0.2, 0) is 4.74 Å². The van der Waals surface area contributed by atoms with Gasteiger partial charge in [-0.2, -0.15) is 0 Å². The first-order valence-corrected chi connectivity index (χ1v) is 11.8. The monoisotopic (exact) mass is 469 g/mol. The van der Waals surface area contributed by atoms with Gasteiger partial charge in [0.05, 0.1) is 6.61 Å². The molecule has 0 spiro atoms. The number of hydrogen-bond acceptors (Lipinski definition) is 5. The van der Waals surface area contributed by atoms with Crippen molar-refractivity contribution in [2.45, 2.75) is 45.1 Å². The number of benzene rings is 2. The maximum atomic E-state index is 12.6. The van der Waals surface area contributed by atoms with Gasteiger partial charge < -0.3 is 20.1 Å². The van der Waals surface area contributed by atoms with E-state index in [9.17, 15) is 9.59 Å². The molecule has 1 saturated carbocycles. The summed E-state index contributed by atoms with van der Waals surface area (Å²) in [5.74, 6) is 0.235. The van der Waals surface area contributed by atoms with Crippen molar-refractivity contribution in [3.05, 3.63) is 59.7 Å². The zero-order valence-electron chi connectivity index (χ0n) is 18.9. The Labute approximate surface area is 200 Å². The van der Waals surface area contributed by atoms with E-state index >= 15 is 0 Å². The van der Waals surface area contributed by atoms with Gasteiger partial charge in [-0.25, -0.2) is 0 Å². The molecule has 1 fully saturated rings. The molecule has 0 radical (unpaired) electrons. The molecule has 0 saturated heterocycles. The Bertz CT molecular complexity index is 943. The number of amides is 2. The SMILES string of the molecule is CCOCCOc1ccc(C(=O)NC(=S)Nc2cccc(C(=O)NC3CCCCC3)c2)cc1. The Morgan fingerprint density at radius 2 is 1.73 bits per heavy atom. The van der Waals surface area contributed by atoms with Gasteiger partial charge in [0.15, 0.2) is 5.11 Å². The van der Waals surface area contributed by atoms with Crippen molar-refractivity contribution in [3.63, 3.8) is 0 Å². The quantitative estimate of drug-likeness (QED) is 0.375. The van der Waals surface area contributed by atoms with Gasteiger partial charge in [-0.3, -0.25) is 14.9 Å². The maximum absolute atomic E-state index is 12.6. The summed E-state index contributed by atoms with van der Waals surface area (Å²) in [6.45, 7) is 3.54. The molecule has 0 atom stereocenters. The van der Waals surface area contributed by atoms with E-state index in [-0.39, 0.29) is 23.0 Å². The van der Waals surface area contributed by atoms with Crippen molar-refractivity contribution in [3.8, 4) is 5.75 Å². The summed E-state index contributed by atoms with van der Waals surface area (Å²) in [6.07, 6.45) is 5.61. The van der Waals surface area contributed by atoms with E-state index in [4.69, 9.17) is 21.7 Å². The molecule has 3 N–H and O–H groups in total. The number of hydrogen-bond donors (Lipinski definition) is 3. The van der Waals surface area contributed by atoms with Crippen molar-refractivity contribution in [2.24, 2.45) is 0 Å². The van der Waals surface area contributed by atoms with Crippen LogP contribution < -0.4 is 20.7 Å². The highest BCUT2D eigenvalue weighted by Gasteiger charge is 2.17. The van der Waals surface area contributed by atoms with E-state index in [1.54, 1.807) is 48.5 Å². The molecule has 0 bridgehead atoms. The van der Waals surface area contributed by atoms with Crippen LogP contribution in [0.3, 0.4) is 0 Å². The fourth-order valence-corrected chi connectivity index (χ4v) is 3.87. The van der Waals surface area contributed by atoms with Gasteiger partial charge in [-0.1, -0.05) is 25.3 Å². The Balaban J connectivity index is 1.49. The summed E-state index contributed by atoms with van der Waals surface area (Å²) < 4.78 is 10.8. The van der Waals surface area contributed by atoms with Crippen LogP contribution in [0.25, 0.3) is 0 Å². The molecule has 2 aromatic carbocycles. The Morgan fingerprint density at radius 1 is 0.970 bits per heavy atom. The van der Waals surface area contributed by atoms with E-state index in [0.717, 1.165) is 25.7 Å². The minimum absolute atomic E-state index is 0.0935. The van der Waals surface area contributed by atoms with Crippen molar-refractivity contribution in [2.75, 3.05) is 25.1 Å². The van der Waals surface area contributed by atoms with Crippen LogP contribution in [0.4, 0.5) is 5.69 Å². The van der Waals surface area contributed by atoms with Crippen molar-refractivity contribution < 1.29 is 19.1 Å². The number of carbonyl (C=O) groups excluding carboxylic acids is 2. The zero-order valence-corrected chi connectivity index (χ0v) is 19.7. The molecule has 1 aliphatic rings. The molecule has 8 heteroatoms. The first-order chi connectivity index (χ1) is 16.0. The normalized spacial score (nSPS) is 13.7. The van der Waals surface area contributed by atoms with Crippen LogP contribution in [-0.4, -0.2) is 42.8 Å². The van der Waals surface area contributed by atoms with Gasteiger partial charge in [0.25, 0.3) is 11.8 Å². The molecule has 1 aliphatic carbocycles. The van der Waals surface area contributed by atoms with E-state index in [0.29, 0.717) is 42.4 Å². The number of rotatable bonds is 9. The summed E-state index contributed by atoms with van der Waals surface area (Å²) in [6, 6.07) is 14.1. The maximum Gasteiger partial charge on any atom is 0.257 e. The molecule has 176 valence electrons. The van der Waals surface area contributed by atoms with Gasteiger partial charge in [0.1, 0.15) is 12.4 Å². The number of carbonyl (C=O) groups is 2. The highest BCUT2D eigenvalue weighted by atomic mass is 32.1. The third kappa shape index (κ3) is 8.14. The number of nitrogens with one attached hydrogen (secondary N) is 3. The number of ether oxygens (including phenoxy) is 2. The summed E-state index contributed by atoms with van der Waals surface area (Å²) in [4.78, 5) is 25.1. The van der Waals surface area contributed by atoms with E-state index in [1.165, 1.54) is 6.42 Å². The fourth-order valence-electron chi connectivity index (χ4n) is 3.66. The van der Waals surface area contributed by atoms with Crippen LogP contribution >= 0.6 is 12.2 Å². The highest BCUT2D eigenvalue weighted by molar-refractivity contribution is 7.80. The molecular weight excluding hydrogens is 438 g/mol. The second-order valence-electron chi connectivity index (χ2n) is 7.87. The van der Waals surface area contributed by atoms with Crippen LogP contribution in [0.15, 0.2) is 48.5 Å². The minimum atomic E-state index is -0.334. The van der Waals surface area contributed by atoms with Crippen molar-refractivity contribution in [1.82, 2.24) is 10.6 Å². The fraction of sp³-hybridized carbons (Fsp3) is 0.400. The lowest BCUT2D eigenvalue weighted by atomic mass is 9.95. The summed E-state index contributed by atoms with van der Waals surface area (Å²) in [5, 5.41) is 8.89. The Kier molecular flexibility index (Phi) is 9.65. The average Bonchev–Trinajstić information content (AvgIpc) is 2.83. The Morgan fingerprint density at radius 3 is 2.45 bits per heavy atom. The van der Waals surface area contributed by atoms with E-state index in [2.05, 4.69) is 16.0 Å². The van der Waals surface area contributed by atoms with Gasteiger partial charge in [0, 0.05) is 29.5 Å². The second-order valence-corrected chi connectivity index (χ2v) is 8.28. The van der Waals surface area contributed by atoms with Crippen molar-refractivity contribution >= 4 is 34.8 Å². The van der Waals surface area contributed by atoms with Gasteiger partial charge in [0.2, 0.25) is 0 Å². The third-order valence-corrected chi connectivity index (χ3v) is 5.57. The van der Waals surface area contributed by atoms with Crippen LogP contribution in [0.2, 0.25) is 0 Å².